The van der Waals surface area contributed by atoms with Crippen molar-refractivity contribution in [3.05, 3.63) is 35.9 Å². The van der Waals surface area contributed by atoms with E-state index in [-0.39, 0.29) is 42.8 Å². The Morgan fingerprint density at radius 2 is 1.95 bits per heavy atom. The van der Waals surface area contributed by atoms with Gasteiger partial charge >= 0.3 is 0 Å². The Morgan fingerprint density at radius 1 is 1.27 bits per heavy atom. The molecular weight excluding hydrogens is 302 g/mol. The maximum absolute atomic E-state index is 12.2. The lowest BCUT2D eigenvalue weighted by molar-refractivity contribution is -0.135. The predicted molar refractivity (Wildman–Crippen MR) is 89.0 cm³/mol. The lowest BCUT2D eigenvalue weighted by Crippen LogP contribution is -2.58. The molecule has 2 rings (SSSR count). The molecule has 0 radical (unpaired) electrons. The number of hydrogen-bond donors (Lipinski definition) is 2. The molecule has 2 amide bonds. The second-order valence-electron chi connectivity index (χ2n) is 5.51. The van der Waals surface area contributed by atoms with E-state index in [0.29, 0.717) is 13.0 Å². The lowest BCUT2D eigenvalue weighted by Gasteiger charge is -2.38. The molecule has 0 saturated carbocycles. The zero-order valence-corrected chi connectivity index (χ0v) is 13.9. The molecule has 1 heterocycles. The fourth-order valence-corrected chi connectivity index (χ4v) is 2.53. The van der Waals surface area contributed by atoms with Crippen LogP contribution in [0.15, 0.2) is 30.3 Å². The standard InChI is InChI=1S/C16H23N3O2.ClH/c1-12-13(2)19(9-8-17-12)16(21)11-18-15(20)10-14-6-4-3-5-7-14;/h3-7,12-13,17H,8-11H2,1-2H3,(H,18,20);1H. The number of carbonyl (C=O) groups excluding carboxylic acids is 2. The third kappa shape index (κ3) is 5.00. The van der Waals surface area contributed by atoms with E-state index in [9.17, 15) is 9.59 Å². The summed E-state index contributed by atoms with van der Waals surface area (Å²) in [5.41, 5.74) is 0.951. The first-order valence-electron chi connectivity index (χ1n) is 7.41. The maximum Gasteiger partial charge on any atom is 0.242 e. The molecule has 1 aromatic carbocycles. The van der Waals surface area contributed by atoms with Crippen molar-refractivity contribution in [3.8, 4) is 0 Å². The molecule has 1 saturated heterocycles. The molecule has 1 aliphatic rings. The van der Waals surface area contributed by atoms with Gasteiger partial charge in [0, 0.05) is 25.2 Å². The van der Waals surface area contributed by atoms with Gasteiger partial charge in [-0.3, -0.25) is 9.59 Å². The van der Waals surface area contributed by atoms with Gasteiger partial charge in [0.2, 0.25) is 11.8 Å². The quantitative estimate of drug-likeness (QED) is 0.867. The average Bonchev–Trinajstić information content (AvgIpc) is 2.48. The van der Waals surface area contributed by atoms with Crippen molar-refractivity contribution in [1.82, 2.24) is 15.5 Å². The molecule has 1 aromatic rings. The Bertz CT molecular complexity index is 495. The summed E-state index contributed by atoms with van der Waals surface area (Å²) in [5.74, 6) is -0.136. The molecular formula is C16H24ClN3O2. The number of piperazine rings is 1. The lowest BCUT2D eigenvalue weighted by atomic mass is 10.1. The number of nitrogens with one attached hydrogen (secondary N) is 2. The van der Waals surface area contributed by atoms with E-state index in [1.54, 1.807) is 0 Å². The highest BCUT2D eigenvalue weighted by molar-refractivity contribution is 5.86. The normalized spacial score (nSPS) is 20.9. The summed E-state index contributed by atoms with van der Waals surface area (Å²) >= 11 is 0. The number of amides is 2. The van der Waals surface area contributed by atoms with Gasteiger partial charge in [-0.05, 0) is 19.4 Å². The van der Waals surface area contributed by atoms with Crippen LogP contribution in [0.4, 0.5) is 0 Å². The zero-order chi connectivity index (χ0) is 15.2. The van der Waals surface area contributed by atoms with Crippen LogP contribution in [0.5, 0.6) is 0 Å². The Labute approximate surface area is 137 Å². The molecule has 0 aromatic heterocycles. The van der Waals surface area contributed by atoms with Gasteiger partial charge in [0.15, 0.2) is 0 Å². The molecule has 6 heteroatoms. The predicted octanol–water partition coefficient (Wildman–Crippen LogP) is 0.976. The van der Waals surface area contributed by atoms with Crippen molar-refractivity contribution in [2.45, 2.75) is 32.4 Å². The molecule has 0 bridgehead atoms. The Hall–Kier alpha value is -1.59. The SMILES string of the molecule is CC1NCCN(C(=O)CNC(=O)Cc2ccccc2)C1C.Cl. The van der Waals surface area contributed by atoms with Gasteiger partial charge in [0.25, 0.3) is 0 Å². The van der Waals surface area contributed by atoms with Gasteiger partial charge in [-0.15, -0.1) is 12.4 Å². The third-order valence-electron chi connectivity index (χ3n) is 4.00. The second-order valence-corrected chi connectivity index (χ2v) is 5.51. The monoisotopic (exact) mass is 325 g/mol. The Kier molecular flexibility index (Phi) is 7.35. The maximum atomic E-state index is 12.2. The number of carbonyl (C=O) groups is 2. The average molecular weight is 326 g/mol. The van der Waals surface area contributed by atoms with Crippen molar-refractivity contribution in [1.29, 1.82) is 0 Å². The first kappa shape index (κ1) is 18.5. The number of hydrogen-bond acceptors (Lipinski definition) is 3. The first-order chi connectivity index (χ1) is 10.1. The largest absolute Gasteiger partial charge is 0.347 e. The minimum atomic E-state index is -0.120. The zero-order valence-electron chi connectivity index (χ0n) is 13.0. The van der Waals surface area contributed by atoms with Crippen LogP contribution < -0.4 is 10.6 Å². The summed E-state index contributed by atoms with van der Waals surface area (Å²) in [7, 11) is 0. The van der Waals surface area contributed by atoms with Gasteiger partial charge in [-0.1, -0.05) is 30.3 Å². The van der Waals surface area contributed by atoms with Crippen molar-refractivity contribution in [3.63, 3.8) is 0 Å². The highest BCUT2D eigenvalue weighted by Crippen LogP contribution is 2.08. The summed E-state index contributed by atoms with van der Waals surface area (Å²) in [5, 5.41) is 6.05. The number of benzene rings is 1. The van der Waals surface area contributed by atoms with Crippen LogP contribution in [-0.2, 0) is 16.0 Å². The molecule has 1 fully saturated rings. The van der Waals surface area contributed by atoms with Gasteiger partial charge in [-0.25, -0.2) is 0 Å². The third-order valence-corrected chi connectivity index (χ3v) is 4.00. The molecule has 2 atom stereocenters. The number of nitrogens with zero attached hydrogens (tertiary/aromatic N) is 1. The summed E-state index contributed by atoms with van der Waals surface area (Å²) < 4.78 is 0. The van der Waals surface area contributed by atoms with Crippen LogP contribution >= 0.6 is 12.4 Å². The molecule has 2 unspecified atom stereocenters. The fourth-order valence-electron chi connectivity index (χ4n) is 2.53. The van der Waals surface area contributed by atoms with Crippen LogP contribution in [0, 0.1) is 0 Å². The van der Waals surface area contributed by atoms with Gasteiger partial charge in [-0.2, -0.15) is 0 Å². The summed E-state index contributed by atoms with van der Waals surface area (Å²) in [6.45, 7) is 5.66. The van der Waals surface area contributed by atoms with Crippen molar-refractivity contribution in [2.75, 3.05) is 19.6 Å². The molecule has 22 heavy (non-hydrogen) atoms. The molecule has 0 spiro atoms. The Morgan fingerprint density at radius 3 is 2.64 bits per heavy atom. The van der Waals surface area contributed by atoms with E-state index >= 15 is 0 Å². The van der Waals surface area contributed by atoms with Crippen molar-refractivity contribution >= 4 is 24.2 Å². The van der Waals surface area contributed by atoms with E-state index in [0.717, 1.165) is 12.1 Å². The van der Waals surface area contributed by atoms with E-state index in [1.165, 1.54) is 0 Å². The van der Waals surface area contributed by atoms with Crippen LogP contribution in [0.1, 0.15) is 19.4 Å². The smallest absolute Gasteiger partial charge is 0.242 e. The molecule has 0 aliphatic carbocycles. The number of rotatable bonds is 4. The summed E-state index contributed by atoms with van der Waals surface area (Å²) in [6.07, 6.45) is 0.307. The molecule has 5 nitrogen and oxygen atoms in total. The van der Waals surface area contributed by atoms with E-state index in [4.69, 9.17) is 0 Å². The van der Waals surface area contributed by atoms with Gasteiger partial charge in [0.1, 0.15) is 0 Å². The first-order valence-corrected chi connectivity index (χ1v) is 7.41. The summed E-state index contributed by atoms with van der Waals surface area (Å²) in [4.78, 5) is 25.9. The number of halogens is 1. The minimum Gasteiger partial charge on any atom is -0.347 e. The topological polar surface area (TPSA) is 61.4 Å². The highest BCUT2D eigenvalue weighted by Gasteiger charge is 2.27. The van der Waals surface area contributed by atoms with Crippen molar-refractivity contribution in [2.24, 2.45) is 0 Å². The van der Waals surface area contributed by atoms with E-state index in [2.05, 4.69) is 17.6 Å². The summed E-state index contributed by atoms with van der Waals surface area (Å²) in [6, 6.07) is 9.95. The van der Waals surface area contributed by atoms with Crippen LogP contribution in [0.3, 0.4) is 0 Å². The van der Waals surface area contributed by atoms with E-state index in [1.807, 2.05) is 42.2 Å². The minimum absolute atomic E-state index is 0. The van der Waals surface area contributed by atoms with Crippen LogP contribution in [0.2, 0.25) is 0 Å². The van der Waals surface area contributed by atoms with Crippen LogP contribution in [0.25, 0.3) is 0 Å². The van der Waals surface area contributed by atoms with Crippen molar-refractivity contribution < 1.29 is 9.59 Å². The van der Waals surface area contributed by atoms with Gasteiger partial charge < -0.3 is 15.5 Å². The fraction of sp³-hybridized carbons (Fsp3) is 0.500. The Balaban J connectivity index is 0.00000242. The molecule has 122 valence electrons. The highest BCUT2D eigenvalue weighted by atomic mass is 35.5. The van der Waals surface area contributed by atoms with E-state index < -0.39 is 0 Å². The molecule has 1 aliphatic heterocycles. The van der Waals surface area contributed by atoms with Crippen LogP contribution in [-0.4, -0.2) is 48.4 Å². The molecule has 2 N–H and O–H groups in total. The second kappa shape index (κ2) is 8.76. The van der Waals surface area contributed by atoms with Gasteiger partial charge in [0.05, 0.1) is 13.0 Å².